The van der Waals surface area contributed by atoms with Crippen molar-refractivity contribution in [1.29, 1.82) is 0 Å². The van der Waals surface area contributed by atoms with E-state index in [0.717, 1.165) is 49.8 Å². The number of nitrogens with zero attached hydrogens (tertiary/aromatic N) is 1. The van der Waals surface area contributed by atoms with Gasteiger partial charge in [-0.25, -0.2) is 13.1 Å². The number of hydrogen-bond acceptors (Lipinski definition) is 3. The van der Waals surface area contributed by atoms with Gasteiger partial charge in [0.05, 0.1) is 4.90 Å². The van der Waals surface area contributed by atoms with Crippen molar-refractivity contribution in [3.63, 3.8) is 0 Å². The summed E-state index contributed by atoms with van der Waals surface area (Å²) in [4.78, 5) is 14.8. The van der Waals surface area contributed by atoms with Gasteiger partial charge in [-0.2, -0.15) is 0 Å². The Morgan fingerprint density at radius 1 is 1.07 bits per heavy atom. The van der Waals surface area contributed by atoms with Gasteiger partial charge in [-0.1, -0.05) is 39.5 Å². The van der Waals surface area contributed by atoms with Crippen molar-refractivity contribution >= 4 is 21.6 Å². The third-order valence-electron chi connectivity index (χ3n) is 6.22. The van der Waals surface area contributed by atoms with Crippen molar-refractivity contribution in [3.05, 3.63) is 23.8 Å². The number of sulfonamides is 1. The van der Waals surface area contributed by atoms with E-state index in [-0.39, 0.29) is 23.3 Å². The second-order valence-corrected chi connectivity index (χ2v) is 10.8. The molecule has 0 saturated heterocycles. The molecule has 0 spiro atoms. The monoisotopic (exact) mass is 390 g/mol. The van der Waals surface area contributed by atoms with Crippen molar-refractivity contribution in [2.45, 2.75) is 81.6 Å². The Morgan fingerprint density at radius 2 is 1.74 bits per heavy atom. The minimum absolute atomic E-state index is 0.0340. The summed E-state index contributed by atoms with van der Waals surface area (Å²) in [5.74, 6) is 0.348. The zero-order chi connectivity index (χ0) is 19.2. The molecule has 0 unspecified atom stereocenters. The minimum atomic E-state index is -3.54. The Kier molecular flexibility index (Phi) is 4.83. The fourth-order valence-corrected chi connectivity index (χ4v) is 5.79. The number of fused-ring (bicyclic) bond motifs is 1. The van der Waals surface area contributed by atoms with Crippen molar-refractivity contribution in [2.75, 3.05) is 11.4 Å². The van der Waals surface area contributed by atoms with E-state index in [1.165, 1.54) is 12.8 Å². The molecular weight excluding hydrogens is 360 g/mol. The summed E-state index contributed by atoms with van der Waals surface area (Å²) in [6.07, 6.45) is 8.34. The second-order valence-electron chi connectivity index (χ2n) is 9.07. The number of nitrogens with one attached hydrogen (secondary N) is 1. The topological polar surface area (TPSA) is 66.5 Å². The van der Waals surface area contributed by atoms with Gasteiger partial charge in [0.1, 0.15) is 0 Å². The van der Waals surface area contributed by atoms with Crippen LogP contribution in [0.3, 0.4) is 0 Å². The first-order valence-electron chi connectivity index (χ1n) is 10.3. The zero-order valence-corrected chi connectivity index (χ0v) is 17.1. The predicted molar refractivity (Wildman–Crippen MR) is 106 cm³/mol. The summed E-state index contributed by atoms with van der Waals surface area (Å²) in [7, 11) is -3.54. The molecule has 1 aromatic carbocycles. The maximum absolute atomic E-state index is 13.0. The van der Waals surface area contributed by atoms with E-state index in [1.54, 1.807) is 12.1 Å². The van der Waals surface area contributed by atoms with Crippen molar-refractivity contribution in [3.8, 4) is 0 Å². The molecule has 4 rings (SSSR count). The summed E-state index contributed by atoms with van der Waals surface area (Å²) in [5, 5.41) is 0. The van der Waals surface area contributed by atoms with Crippen LogP contribution in [0.1, 0.15) is 70.8 Å². The van der Waals surface area contributed by atoms with E-state index < -0.39 is 10.0 Å². The van der Waals surface area contributed by atoms with Crippen molar-refractivity contribution in [1.82, 2.24) is 4.72 Å². The number of carbonyl (C=O) groups is 1. The summed E-state index contributed by atoms with van der Waals surface area (Å²) in [6, 6.07) is 5.30. The third-order valence-corrected chi connectivity index (χ3v) is 7.74. The lowest BCUT2D eigenvalue weighted by Crippen LogP contribution is -2.34. The Bertz CT molecular complexity index is 835. The molecule has 5 nitrogen and oxygen atoms in total. The normalized spacial score (nSPS) is 23.1. The zero-order valence-electron chi connectivity index (χ0n) is 16.3. The number of carbonyl (C=O) groups excluding carboxylic acids is 1. The largest absolute Gasteiger partial charge is 0.311 e. The Morgan fingerprint density at radius 3 is 2.37 bits per heavy atom. The van der Waals surface area contributed by atoms with Gasteiger partial charge in [0.2, 0.25) is 15.9 Å². The van der Waals surface area contributed by atoms with Gasteiger partial charge >= 0.3 is 0 Å². The molecule has 0 bridgehead atoms. The van der Waals surface area contributed by atoms with Crippen LogP contribution >= 0.6 is 0 Å². The molecule has 1 amide bonds. The Hall–Kier alpha value is -1.40. The first kappa shape index (κ1) is 18.9. The fraction of sp³-hybridized carbons (Fsp3) is 0.667. The van der Waals surface area contributed by atoms with Crippen LogP contribution in [-0.4, -0.2) is 26.9 Å². The minimum Gasteiger partial charge on any atom is -0.311 e. The van der Waals surface area contributed by atoms with Crippen molar-refractivity contribution in [2.24, 2.45) is 5.92 Å². The van der Waals surface area contributed by atoms with Gasteiger partial charge in [0.15, 0.2) is 0 Å². The molecule has 0 aromatic heterocycles. The SMILES string of the molecule is CC1(C)CN(C(=O)C2CC2)c2ccc(S(=O)(=O)NC3CCCCCC3)cc21. The first-order valence-corrected chi connectivity index (χ1v) is 11.7. The van der Waals surface area contributed by atoms with Gasteiger partial charge in [-0.15, -0.1) is 0 Å². The summed E-state index contributed by atoms with van der Waals surface area (Å²) in [5.41, 5.74) is 1.60. The highest BCUT2D eigenvalue weighted by molar-refractivity contribution is 7.89. The molecule has 148 valence electrons. The highest BCUT2D eigenvalue weighted by atomic mass is 32.2. The van der Waals surface area contributed by atoms with E-state index in [1.807, 2.05) is 11.0 Å². The van der Waals surface area contributed by atoms with Crippen molar-refractivity contribution < 1.29 is 13.2 Å². The molecule has 1 aliphatic heterocycles. The van der Waals surface area contributed by atoms with E-state index in [9.17, 15) is 13.2 Å². The summed E-state index contributed by atoms with van der Waals surface area (Å²) < 4.78 is 28.9. The summed E-state index contributed by atoms with van der Waals surface area (Å²) >= 11 is 0. The number of anilines is 1. The van der Waals surface area contributed by atoms with Gasteiger partial charge in [-0.3, -0.25) is 4.79 Å². The summed E-state index contributed by atoms with van der Waals surface area (Å²) in [6.45, 7) is 4.79. The number of benzene rings is 1. The van der Waals surface area contributed by atoms with Crippen LogP contribution in [-0.2, 0) is 20.2 Å². The maximum atomic E-state index is 13.0. The number of rotatable bonds is 4. The molecular formula is C21H30N2O3S. The van der Waals surface area contributed by atoms with Gasteiger partial charge < -0.3 is 4.90 Å². The standard InChI is InChI=1S/C21H30N2O3S/c1-21(2)14-23(20(24)15-9-10-15)19-12-11-17(13-18(19)21)27(25,26)22-16-7-5-3-4-6-8-16/h11-13,15-16,22H,3-10,14H2,1-2H3. The molecule has 0 atom stereocenters. The number of hydrogen-bond donors (Lipinski definition) is 1. The molecule has 1 N–H and O–H groups in total. The van der Waals surface area contributed by atoms with Gasteiger partial charge in [0, 0.05) is 29.6 Å². The highest BCUT2D eigenvalue weighted by Crippen LogP contribution is 2.44. The lowest BCUT2D eigenvalue weighted by molar-refractivity contribution is -0.119. The molecule has 1 aromatic rings. The van der Waals surface area contributed by atoms with Crippen LogP contribution in [0.25, 0.3) is 0 Å². The molecule has 2 fully saturated rings. The maximum Gasteiger partial charge on any atom is 0.240 e. The van der Waals surface area contributed by atoms with Crippen LogP contribution in [0.4, 0.5) is 5.69 Å². The molecule has 0 radical (unpaired) electrons. The predicted octanol–water partition coefficient (Wildman–Crippen LogP) is 3.72. The van der Waals surface area contributed by atoms with Crippen LogP contribution in [0.15, 0.2) is 23.1 Å². The van der Waals surface area contributed by atoms with Crippen LogP contribution in [0, 0.1) is 5.92 Å². The van der Waals surface area contributed by atoms with E-state index in [2.05, 4.69) is 18.6 Å². The van der Waals surface area contributed by atoms with E-state index >= 15 is 0 Å². The smallest absolute Gasteiger partial charge is 0.240 e. The average Bonchev–Trinajstić information content (AvgIpc) is 3.44. The average molecular weight is 391 g/mol. The molecule has 1 heterocycles. The lowest BCUT2D eigenvalue weighted by atomic mass is 9.87. The molecule has 2 saturated carbocycles. The second kappa shape index (κ2) is 6.89. The fourth-order valence-electron chi connectivity index (χ4n) is 4.46. The molecule has 3 aliphatic rings. The molecule has 6 heteroatoms. The van der Waals surface area contributed by atoms with E-state index in [0.29, 0.717) is 11.4 Å². The van der Waals surface area contributed by atoms with Gasteiger partial charge in [-0.05, 0) is 49.4 Å². The van der Waals surface area contributed by atoms with Crippen LogP contribution in [0.2, 0.25) is 0 Å². The van der Waals surface area contributed by atoms with Crippen LogP contribution < -0.4 is 9.62 Å². The lowest BCUT2D eigenvalue weighted by Gasteiger charge is -2.20. The van der Waals surface area contributed by atoms with Gasteiger partial charge in [0.25, 0.3) is 0 Å². The highest BCUT2D eigenvalue weighted by Gasteiger charge is 2.43. The Balaban J connectivity index is 1.60. The van der Waals surface area contributed by atoms with Crippen LogP contribution in [0.5, 0.6) is 0 Å². The molecule has 2 aliphatic carbocycles. The molecule has 27 heavy (non-hydrogen) atoms. The first-order chi connectivity index (χ1) is 12.8. The number of amides is 1. The van der Waals surface area contributed by atoms with E-state index in [4.69, 9.17) is 0 Å². The quantitative estimate of drug-likeness (QED) is 0.797. The third kappa shape index (κ3) is 3.79. The Labute approximate surface area is 162 Å².